The second-order valence-electron chi connectivity index (χ2n) is 6.58. The zero-order valence-electron chi connectivity index (χ0n) is 14.6. The van der Waals surface area contributed by atoms with Crippen LogP contribution in [-0.2, 0) is 4.79 Å². The Hall–Kier alpha value is -2.41. The molecule has 1 atom stereocenters. The van der Waals surface area contributed by atoms with Crippen molar-refractivity contribution in [3.8, 4) is 5.69 Å². The highest BCUT2D eigenvalue weighted by atomic mass is 35.5. The lowest BCUT2D eigenvalue weighted by Crippen LogP contribution is -2.40. The smallest absolute Gasteiger partial charge is 0.303 e. The molecule has 0 bridgehead atoms. The summed E-state index contributed by atoms with van der Waals surface area (Å²) in [6, 6.07) is 7.26. The molecular formula is C18H21ClN4O3. The molecule has 2 aromatic rings. The van der Waals surface area contributed by atoms with Gasteiger partial charge in [0.1, 0.15) is 0 Å². The number of amides is 1. The van der Waals surface area contributed by atoms with E-state index in [2.05, 4.69) is 10.3 Å². The fraction of sp³-hybridized carbons (Fsp3) is 0.444. The average Bonchev–Trinajstić information content (AvgIpc) is 3.01. The summed E-state index contributed by atoms with van der Waals surface area (Å²) in [6.07, 6.45) is 2.54. The first kappa shape index (κ1) is 18.4. The number of nitrogens with zero attached hydrogens (tertiary/aromatic N) is 4. The molecule has 0 radical (unpaired) electrons. The molecule has 1 amide bonds. The van der Waals surface area contributed by atoms with Gasteiger partial charge < -0.3 is 10.0 Å². The molecule has 1 aromatic carbocycles. The summed E-state index contributed by atoms with van der Waals surface area (Å²) in [5.41, 5.74) is 1.62. The van der Waals surface area contributed by atoms with E-state index < -0.39 is 5.97 Å². The van der Waals surface area contributed by atoms with E-state index in [1.807, 2.05) is 18.2 Å². The van der Waals surface area contributed by atoms with Crippen LogP contribution in [0.25, 0.3) is 5.69 Å². The monoisotopic (exact) mass is 376 g/mol. The maximum absolute atomic E-state index is 12.9. The van der Waals surface area contributed by atoms with Crippen LogP contribution in [0.3, 0.4) is 0 Å². The average molecular weight is 377 g/mol. The molecule has 1 aliphatic heterocycles. The van der Waals surface area contributed by atoms with E-state index in [1.54, 1.807) is 22.6 Å². The molecule has 1 fully saturated rings. The molecule has 3 rings (SSSR count). The predicted octanol–water partition coefficient (Wildman–Crippen LogP) is 2.95. The van der Waals surface area contributed by atoms with Crippen LogP contribution >= 0.6 is 11.6 Å². The van der Waals surface area contributed by atoms with Crippen LogP contribution in [-0.4, -0.2) is 50.0 Å². The number of carboxylic acid groups (broad SMARTS) is 1. The van der Waals surface area contributed by atoms with Gasteiger partial charge in [0.2, 0.25) is 0 Å². The van der Waals surface area contributed by atoms with Crippen LogP contribution in [0.5, 0.6) is 0 Å². The highest BCUT2D eigenvalue weighted by Crippen LogP contribution is 2.24. The zero-order valence-corrected chi connectivity index (χ0v) is 15.3. The van der Waals surface area contributed by atoms with Gasteiger partial charge in [-0.05, 0) is 44.2 Å². The molecular weight excluding hydrogens is 356 g/mol. The number of carbonyl (C=O) groups is 2. The largest absolute Gasteiger partial charge is 0.481 e. The molecule has 7 nitrogen and oxygen atoms in total. The Labute approximate surface area is 156 Å². The van der Waals surface area contributed by atoms with Gasteiger partial charge in [0.15, 0.2) is 5.69 Å². The number of aliphatic carboxylic acids is 1. The zero-order chi connectivity index (χ0) is 18.7. The number of hydrogen-bond acceptors (Lipinski definition) is 4. The van der Waals surface area contributed by atoms with Gasteiger partial charge in [-0.1, -0.05) is 28.9 Å². The lowest BCUT2D eigenvalue weighted by molar-refractivity contribution is -0.137. The second kappa shape index (κ2) is 7.86. The van der Waals surface area contributed by atoms with Crippen molar-refractivity contribution in [1.82, 2.24) is 19.9 Å². The van der Waals surface area contributed by atoms with E-state index in [-0.39, 0.29) is 18.2 Å². The van der Waals surface area contributed by atoms with Crippen molar-refractivity contribution in [3.63, 3.8) is 0 Å². The van der Waals surface area contributed by atoms with E-state index in [9.17, 15) is 9.59 Å². The molecule has 0 saturated carbocycles. The molecule has 0 spiro atoms. The quantitative estimate of drug-likeness (QED) is 0.866. The van der Waals surface area contributed by atoms with Crippen molar-refractivity contribution in [2.24, 2.45) is 5.92 Å². The Morgan fingerprint density at radius 3 is 2.85 bits per heavy atom. The van der Waals surface area contributed by atoms with Crippen molar-refractivity contribution in [2.45, 2.75) is 32.6 Å². The molecule has 26 heavy (non-hydrogen) atoms. The van der Waals surface area contributed by atoms with Gasteiger partial charge >= 0.3 is 5.97 Å². The maximum atomic E-state index is 12.9. The maximum Gasteiger partial charge on any atom is 0.303 e. The first-order valence-electron chi connectivity index (χ1n) is 8.65. The number of para-hydroxylation sites is 1. The van der Waals surface area contributed by atoms with Crippen LogP contribution in [0.15, 0.2) is 24.3 Å². The van der Waals surface area contributed by atoms with Gasteiger partial charge in [0.05, 0.1) is 16.4 Å². The van der Waals surface area contributed by atoms with Crippen LogP contribution < -0.4 is 0 Å². The first-order chi connectivity index (χ1) is 12.5. The number of benzene rings is 1. The minimum absolute atomic E-state index is 0.133. The van der Waals surface area contributed by atoms with Crippen molar-refractivity contribution < 1.29 is 14.7 Å². The topological polar surface area (TPSA) is 88.3 Å². The van der Waals surface area contributed by atoms with Crippen LogP contribution in [0.1, 0.15) is 41.9 Å². The summed E-state index contributed by atoms with van der Waals surface area (Å²) < 4.78 is 1.57. The Morgan fingerprint density at radius 2 is 2.12 bits per heavy atom. The number of likely N-dealkylation sites (tertiary alicyclic amines) is 1. The molecule has 2 heterocycles. The molecule has 0 unspecified atom stereocenters. The van der Waals surface area contributed by atoms with Gasteiger partial charge in [-0.15, -0.1) is 5.10 Å². The summed E-state index contributed by atoms with van der Waals surface area (Å²) in [5, 5.41) is 17.6. The highest BCUT2D eigenvalue weighted by molar-refractivity contribution is 6.32. The Kier molecular flexibility index (Phi) is 5.56. The Morgan fingerprint density at radius 1 is 1.35 bits per heavy atom. The van der Waals surface area contributed by atoms with E-state index in [4.69, 9.17) is 16.7 Å². The number of carboxylic acids is 1. The second-order valence-corrected chi connectivity index (χ2v) is 6.99. The van der Waals surface area contributed by atoms with Crippen LogP contribution in [0.4, 0.5) is 0 Å². The first-order valence-corrected chi connectivity index (χ1v) is 9.03. The number of halogens is 1. The van der Waals surface area contributed by atoms with Gasteiger partial charge in [-0.3, -0.25) is 9.59 Å². The molecule has 1 N–H and O–H groups in total. The summed E-state index contributed by atoms with van der Waals surface area (Å²) >= 11 is 6.22. The fourth-order valence-corrected chi connectivity index (χ4v) is 3.56. The number of hydrogen-bond donors (Lipinski definition) is 1. The lowest BCUT2D eigenvalue weighted by Gasteiger charge is -2.32. The van der Waals surface area contributed by atoms with E-state index in [1.165, 1.54) is 0 Å². The summed E-state index contributed by atoms with van der Waals surface area (Å²) in [5.74, 6) is -0.754. The van der Waals surface area contributed by atoms with Crippen molar-refractivity contribution in [2.75, 3.05) is 13.1 Å². The van der Waals surface area contributed by atoms with Crippen molar-refractivity contribution in [1.29, 1.82) is 0 Å². The standard InChI is InChI=1S/C18H21ClN4O3/c1-12-17(20-21-23(12)15-7-3-2-6-14(15)19)18(26)22-10-4-5-13(11-22)8-9-16(24)25/h2-3,6-7,13H,4-5,8-11H2,1H3,(H,24,25)/t13-/m0/s1. The van der Waals surface area contributed by atoms with Crippen molar-refractivity contribution in [3.05, 3.63) is 40.7 Å². The molecule has 1 aliphatic rings. The summed E-state index contributed by atoms with van der Waals surface area (Å²) in [7, 11) is 0. The predicted molar refractivity (Wildman–Crippen MR) is 96.6 cm³/mol. The molecule has 0 aliphatic carbocycles. The van der Waals surface area contributed by atoms with Gasteiger partial charge in [0.25, 0.3) is 5.91 Å². The minimum atomic E-state index is -0.799. The SMILES string of the molecule is Cc1c(C(=O)N2CCC[C@@H](CCC(=O)O)C2)nnn1-c1ccccc1Cl. The third kappa shape index (κ3) is 3.88. The Balaban J connectivity index is 1.76. The third-order valence-corrected chi connectivity index (χ3v) is 5.07. The summed E-state index contributed by atoms with van der Waals surface area (Å²) in [6.45, 7) is 3.01. The fourth-order valence-electron chi connectivity index (χ4n) is 3.34. The Bertz CT molecular complexity index is 821. The molecule has 1 aromatic heterocycles. The lowest BCUT2D eigenvalue weighted by atomic mass is 9.93. The van der Waals surface area contributed by atoms with E-state index >= 15 is 0 Å². The van der Waals surface area contributed by atoms with Gasteiger partial charge in [-0.25, -0.2) is 4.68 Å². The minimum Gasteiger partial charge on any atom is -0.481 e. The van der Waals surface area contributed by atoms with Crippen molar-refractivity contribution >= 4 is 23.5 Å². The molecule has 1 saturated heterocycles. The number of carbonyl (C=O) groups excluding carboxylic acids is 1. The number of aromatic nitrogens is 3. The van der Waals surface area contributed by atoms with Crippen LogP contribution in [0.2, 0.25) is 5.02 Å². The molecule has 8 heteroatoms. The van der Waals surface area contributed by atoms with E-state index in [0.717, 1.165) is 12.8 Å². The normalized spacial score (nSPS) is 17.3. The van der Waals surface area contributed by atoms with Gasteiger partial charge in [-0.2, -0.15) is 0 Å². The third-order valence-electron chi connectivity index (χ3n) is 4.75. The highest BCUT2D eigenvalue weighted by Gasteiger charge is 2.28. The van der Waals surface area contributed by atoms with Crippen LogP contribution in [0, 0.1) is 12.8 Å². The number of rotatable bonds is 5. The van der Waals surface area contributed by atoms with Gasteiger partial charge in [0, 0.05) is 19.5 Å². The van der Waals surface area contributed by atoms with E-state index in [0.29, 0.717) is 41.6 Å². The summed E-state index contributed by atoms with van der Waals surface area (Å²) in [4.78, 5) is 25.4. The molecule has 138 valence electrons. The number of piperidine rings is 1.